The van der Waals surface area contributed by atoms with Gasteiger partial charge in [0.15, 0.2) is 0 Å². The van der Waals surface area contributed by atoms with Gasteiger partial charge in [-0.1, -0.05) is 28.1 Å². The molecule has 0 saturated carbocycles. The van der Waals surface area contributed by atoms with E-state index in [0.717, 1.165) is 28.7 Å². The van der Waals surface area contributed by atoms with Gasteiger partial charge in [0.1, 0.15) is 0 Å². The Bertz CT molecular complexity index is 850. The van der Waals surface area contributed by atoms with E-state index in [-0.39, 0.29) is 30.7 Å². The first-order valence-electron chi connectivity index (χ1n) is 9.23. The molecule has 7 heteroatoms. The van der Waals surface area contributed by atoms with E-state index in [1.165, 1.54) is 0 Å². The first kappa shape index (κ1) is 20.1. The molecule has 6 nitrogen and oxygen atoms in total. The van der Waals surface area contributed by atoms with Crippen LogP contribution in [0.25, 0.3) is 0 Å². The Labute approximate surface area is 172 Å². The van der Waals surface area contributed by atoms with Crippen molar-refractivity contribution >= 4 is 39.3 Å². The number of anilines is 1. The summed E-state index contributed by atoms with van der Waals surface area (Å²) < 4.78 is 0.906. The lowest BCUT2D eigenvalue weighted by molar-refractivity contribution is -0.121. The molecule has 0 spiro atoms. The van der Waals surface area contributed by atoms with Crippen LogP contribution in [0.3, 0.4) is 0 Å². The largest absolute Gasteiger partial charge is 0.352 e. The zero-order valence-electron chi connectivity index (χ0n) is 15.4. The van der Waals surface area contributed by atoms with Crippen molar-refractivity contribution < 1.29 is 14.4 Å². The Morgan fingerprint density at radius 3 is 2.36 bits per heavy atom. The first-order valence-corrected chi connectivity index (χ1v) is 10.0. The Kier molecular flexibility index (Phi) is 6.81. The van der Waals surface area contributed by atoms with Crippen molar-refractivity contribution in [3.8, 4) is 0 Å². The molecule has 1 aliphatic heterocycles. The summed E-state index contributed by atoms with van der Waals surface area (Å²) in [6.45, 7) is 1.45. The zero-order valence-corrected chi connectivity index (χ0v) is 17.0. The van der Waals surface area contributed by atoms with E-state index in [9.17, 15) is 14.4 Å². The Morgan fingerprint density at radius 1 is 1.00 bits per heavy atom. The number of nitrogens with one attached hydrogen (secondary N) is 2. The summed E-state index contributed by atoms with van der Waals surface area (Å²) in [6.07, 6.45) is 1.72. The molecule has 1 aliphatic rings. The van der Waals surface area contributed by atoms with Gasteiger partial charge in [-0.2, -0.15) is 0 Å². The highest BCUT2D eigenvalue weighted by Crippen LogP contribution is 2.21. The van der Waals surface area contributed by atoms with E-state index in [1.807, 2.05) is 24.3 Å². The zero-order chi connectivity index (χ0) is 19.9. The number of amides is 3. The highest BCUT2D eigenvalue weighted by molar-refractivity contribution is 9.10. The summed E-state index contributed by atoms with van der Waals surface area (Å²) >= 11 is 3.32. The Balaban J connectivity index is 1.38. The number of nitrogens with zero attached hydrogens (tertiary/aromatic N) is 1. The summed E-state index contributed by atoms with van der Waals surface area (Å²) in [5.41, 5.74) is 2.41. The van der Waals surface area contributed by atoms with Crippen LogP contribution < -0.4 is 15.5 Å². The van der Waals surface area contributed by atoms with Crippen molar-refractivity contribution in [1.29, 1.82) is 0 Å². The van der Waals surface area contributed by atoms with E-state index < -0.39 is 0 Å². The third kappa shape index (κ3) is 5.42. The highest BCUT2D eigenvalue weighted by atomic mass is 79.9. The lowest BCUT2D eigenvalue weighted by Gasteiger charge is -2.16. The molecule has 2 N–H and O–H groups in total. The molecule has 146 valence electrons. The molecule has 0 aliphatic carbocycles. The fourth-order valence-corrected chi connectivity index (χ4v) is 3.26. The fourth-order valence-electron chi connectivity index (χ4n) is 3.00. The van der Waals surface area contributed by atoms with Gasteiger partial charge >= 0.3 is 0 Å². The van der Waals surface area contributed by atoms with Gasteiger partial charge in [-0.15, -0.1) is 0 Å². The lowest BCUT2D eigenvalue weighted by Crippen LogP contribution is -2.30. The summed E-state index contributed by atoms with van der Waals surface area (Å²) in [7, 11) is 0. The summed E-state index contributed by atoms with van der Waals surface area (Å²) in [6, 6.07) is 14.7. The second-order valence-corrected chi connectivity index (χ2v) is 7.52. The van der Waals surface area contributed by atoms with Gasteiger partial charge in [-0.05, 0) is 48.4 Å². The van der Waals surface area contributed by atoms with E-state index in [0.29, 0.717) is 18.5 Å². The van der Waals surface area contributed by atoms with Crippen LogP contribution in [0.4, 0.5) is 5.69 Å². The van der Waals surface area contributed by atoms with Gasteiger partial charge in [-0.3, -0.25) is 14.4 Å². The second-order valence-electron chi connectivity index (χ2n) is 6.60. The SMILES string of the molecule is O=C(CCNC(=O)c1ccc(Br)cc1)NCc1ccc(N2CCCC2=O)cc1. The number of carbonyl (C=O) groups is 3. The fraction of sp³-hybridized carbons (Fsp3) is 0.286. The summed E-state index contributed by atoms with van der Waals surface area (Å²) in [5, 5.41) is 5.58. The van der Waals surface area contributed by atoms with Crippen molar-refractivity contribution in [2.24, 2.45) is 0 Å². The molecule has 28 heavy (non-hydrogen) atoms. The lowest BCUT2D eigenvalue weighted by atomic mass is 10.2. The van der Waals surface area contributed by atoms with Gasteiger partial charge in [0.05, 0.1) is 0 Å². The van der Waals surface area contributed by atoms with Gasteiger partial charge in [0.25, 0.3) is 5.91 Å². The van der Waals surface area contributed by atoms with Crippen molar-refractivity contribution in [1.82, 2.24) is 10.6 Å². The monoisotopic (exact) mass is 443 g/mol. The number of rotatable bonds is 7. The smallest absolute Gasteiger partial charge is 0.251 e. The quantitative estimate of drug-likeness (QED) is 0.690. The van der Waals surface area contributed by atoms with Crippen molar-refractivity contribution in [3.63, 3.8) is 0 Å². The van der Waals surface area contributed by atoms with Gasteiger partial charge in [0.2, 0.25) is 11.8 Å². The molecular weight excluding hydrogens is 422 g/mol. The first-order chi connectivity index (χ1) is 13.5. The van der Waals surface area contributed by atoms with Crippen molar-refractivity contribution in [2.75, 3.05) is 18.0 Å². The average molecular weight is 444 g/mol. The molecule has 1 heterocycles. The van der Waals surface area contributed by atoms with Crippen LogP contribution in [0.5, 0.6) is 0 Å². The Hall–Kier alpha value is -2.67. The molecule has 0 atom stereocenters. The van der Waals surface area contributed by atoms with Crippen molar-refractivity contribution in [2.45, 2.75) is 25.8 Å². The van der Waals surface area contributed by atoms with E-state index in [4.69, 9.17) is 0 Å². The van der Waals surface area contributed by atoms with Crippen LogP contribution in [0, 0.1) is 0 Å². The molecule has 2 aromatic rings. The number of hydrogen-bond donors (Lipinski definition) is 2. The van der Waals surface area contributed by atoms with Crippen LogP contribution >= 0.6 is 15.9 Å². The van der Waals surface area contributed by atoms with Gasteiger partial charge < -0.3 is 15.5 Å². The van der Waals surface area contributed by atoms with Crippen LogP contribution in [-0.2, 0) is 16.1 Å². The van der Waals surface area contributed by atoms with Crippen LogP contribution in [0.1, 0.15) is 35.2 Å². The second kappa shape index (κ2) is 9.50. The minimum Gasteiger partial charge on any atom is -0.352 e. The minimum atomic E-state index is -0.202. The van der Waals surface area contributed by atoms with E-state index in [1.54, 1.807) is 29.2 Å². The van der Waals surface area contributed by atoms with Crippen molar-refractivity contribution in [3.05, 3.63) is 64.1 Å². The summed E-state index contributed by atoms with van der Waals surface area (Å²) in [4.78, 5) is 37.5. The normalized spacial score (nSPS) is 13.5. The standard InChI is InChI=1S/C21H22BrN3O3/c22-17-7-5-16(6-8-17)21(28)23-12-11-19(26)24-14-15-3-9-18(10-4-15)25-13-1-2-20(25)27/h3-10H,1-2,11-14H2,(H,23,28)(H,24,26). The maximum absolute atomic E-state index is 12.0. The number of benzene rings is 2. The third-order valence-electron chi connectivity index (χ3n) is 4.56. The van der Waals surface area contributed by atoms with Gasteiger partial charge in [0, 0.05) is 48.2 Å². The highest BCUT2D eigenvalue weighted by Gasteiger charge is 2.21. The average Bonchev–Trinajstić information content (AvgIpc) is 3.13. The molecule has 1 fully saturated rings. The van der Waals surface area contributed by atoms with E-state index in [2.05, 4.69) is 26.6 Å². The molecular formula is C21H22BrN3O3. The molecule has 0 bridgehead atoms. The number of halogens is 1. The summed E-state index contributed by atoms with van der Waals surface area (Å²) in [5.74, 6) is -0.173. The maximum Gasteiger partial charge on any atom is 0.251 e. The predicted molar refractivity (Wildman–Crippen MR) is 111 cm³/mol. The van der Waals surface area contributed by atoms with E-state index >= 15 is 0 Å². The molecule has 2 aromatic carbocycles. The topological polar surface area (TPSA) is 78.5 Å². The third-order valence-corrected chi connectivity index (χ3v) is 5.08. The minimum absolute atomic E-state index is 0.130. The number of carbonyl (C=O) groups excluding carboxylic acids is 3. The van der Waals surface area contributed by atoms with Crippen LogP contribution in [0.2, 0.25) is 0 Å². The molecule has 1 saturated heterocycles. The van der Waals surface area contributed by atoms with Crippen LogP contribution in [-0.4, -0.2) is 30.8 Å². The van der Waals surface area contributed by atoms with Gasteiger partial charge in [-0.25, -0.2) is 0 Å². The molecule has 0 aromatic heterocycles. The predicted octanol–water partition coefficient (Wildman–Crippen LogP) is 3.01. The Morgan fingerprint density at radius 2 is 1.71 bits per heavy atom. The number of hydrogen-bond acceptors (Lipinski definition) is 3. The molecule has 0 unspecified atom stereocenters. The maximum atomic E-state index is 12.0. The molecule has 3 amide bonds. The molecule has 3 rings (SSSR count). The molecule has 0 radical (unpaired) electrons. The van der Waals surface area contributed by atoms with Crippen LogP contribution in [0.15, 0.2) is 53.0 Å².